The fourth-order valence-corrected chi connectivity index (χ4v) is 3.43. The minimum atomic E-state index is -0.670. The molecule has 1 heterocycles. The van der Waals surface area contributed by atoms with E-state index >= 15 is 0 Å². The third-order valence-corrected chi connectivity index (χ3v) is 4.36. The van der Waals surface area contributed by atoms with E-state index in [9.17, 15) is 5.11 Å². The van der Waals surface area contributed by atoms with Crippen LogP contribution < -0.4 is 4.74 Å². The maximum atomic E-state index is 10.8. The van der Waals surface area contributed by atoms with Crippen LogP contribution in [-0.4, -0.2) is 11.2 Å². The fourth-order valence-electron chi connectivity index (χ4n) is 2.45. The highest BCUT2D eigenvalue weighted by molar-refractivity contribution is 7.17. The Kier molecular flexibility index (Phi) is 3.95. The number of thiophene rings is 1. The Morgan fingerprint density at radius 3 is 2.48 bits per heavy atom. The molecule has 0 aliphatic carbocycles. The minimum Gasteiger partial charge on any atom is -0.491 e. The van der Waals surface area contributed by atoms with E-state index in [1.54, 1.807) is 11.3 Å². The highest BCUT2D eigenvalue weighted by Crippen LogP contribution is 2.36. The molecule has 0 radical (unpaired) electrons. The van der Waals surface area contributed by atoms with Gasteiger partial charge in [0.25, 0.3) is 0 Å². The van der Waals surface area contributed by atoms with Crippen molar-refractivity contribution in [2.24, 2.45) is 0 Å². The molecule has 0 bridgehead atoms. The molecule has 0 aliphatic heterocycles. The molecule has 0 spiro atoms. The quantitative estimate of drug-likeness (QED) is 0.751. The summed E-state index contributed by atoms with van der Waals surface area (Å²) in [6, 6.07) is 15.8. The second kappa shape index (κ2) is 5.88. The van der Waals surface area contributed by atoms with Gasteiger partial charge in [-0.1, -0.05) is 36.4 Å². The van der Waals surface area contributed by atoms with E-state index in [0.717, 1.165) is 22.3 Å². The summed E-state index contributed by atoms with van der Waals surface area (Å²) in [6.07, 6.45) is -0.589. The van der Waals surface area contributed by atoms with Crippen LogP contribution in [0.3, 0.4) is 0 Å². The molecule has 2 aromatic carbocycles. The third kappa shape index (κ3) is 2.80. The van der Waals surface area contributed by atoms with E-state index in [2.05, 4.69) is 12.1 Å². The summed E-state index contributed by atoms with van der Waals surface area (Å²) in [7, 11) is 0. The first-order chi connectivity index (χ1) is 10.2. The maximum Gasteiger partial charge on any atom is 0.125 e. The third-order valence-electron chi connectivity index (χ3n) is 3.38. The van der Waals surface area contributed by atoms with E-state index in [0.29, 0.717) is 0 Å². The number of benzene rings is 2. The first-order valence-electron chi connectivity index (χ1n) is 7.06. The van der Waals surface area contributed by atoms with Crippen molar-refractivity contribution < 1.29 is 9.84 Å². The zero-order chi connectivity index (χ0) is 14.8. The predicted octanol–water partition coefficient (Wildman–Crippen LogP) is 4.77. The van der Waals surface area contributed by atoms with Crippen LogP contribution in [0.25, 0.3) is 10.1 Å². The molecule has 0 amide bonds. The lowest BCUT2D eigenvalue weighted by atomic mass is 10.00. The average Bonchev–Trinajstić information content (AvgIpc) is 2.90. The second-order valence-corrected chi connectivity index (χ2v) is 6.21. The molecule has 2 nitrogen and oxygen atoms in total. The Bertz CT molecular complexity index is 746. The summed E-state index contributed by atoms with van der Waals surface area (Å²) in [5.41, 5.74) is 1.75. The smallest absolute Gasteiger partial charge is 0.125 e. The van der Waals surface area contributed by atoms with Gasteiger partial charge in [-0.3, -0.25) is 0 Å². The molecule has 3 aromatic rings. The van der Waals surface area contributed by atoms with Gasteiger partial charge in [-0.25, -0.2) is 0 Å². The van der Waals surface area contributed by atoms with Crippen molar-refractivity contribution in [1.82, 2.24) is 0 Å². The lowest BCUT2D eigenvalue weighted by molar-refractivity contribution is 0.199. The number of hydrogen-bond acceptors (Lipinski definition) is 3. The highest BCUT2D eigenvalue weighted by atomic mass is 32.1. The number of ether oxygens (including phenoxy) is 1. The summed E-state index contributed by atoms with van der Waals surface area (Å²) < 4.78 is 7.01. The summed E-state index contributed by atoms with van der Waals surface area (Å²) >= 11 is 1.66. The van der Waals surface area contributed by atoms with Gasteiger partial charge in [-0.15, -0.1) is 11.3 Å². The topological polar surface area (TPSA) is 29.5 Å². The van der Waals surface area contributed by atoms with Crippen LogP contribution in [0, 0.1) is 0 Å². The van der Waals surface area contributed by atoms with Gasteiger partial charge in [0.15, 0.2) is 0 Å². The van der Waals surface area contributed by atoms with Crippen molar-refractivity contribution >= 4 is 21.4 Å². The number of aliphatic hydroxyl groups is 1. The van der Waals surface area contributed by atoms with Gasteiger partial charge in [0, 0.05) is 15.8 Å². The van der Waals surface area contributed by atoms with Crippen molar-refractivity contribution in [3.8, 4) is 5.75 Å². The predicted molar refractivity (Wildman–Crippen MR) is 88.1 cm³/mol. The van der Waals surface area contributed by atoms with Crippen molar-refractivity contribution in [3.63, 3.8) is 0 Å². The highest BCUT2D eigenvalue weighted by Gasteiger charge is 2.19. The minimum absolute atomic E-state index is 0.0811. The molecule has 0 saturated carbocycles. The molecule has 1 unspecified atom stereocenters. The van der Waals surface area contributed by atoms with Crippen molar-refractivity contribution in [2.45, 2.75) is 26.1 Å². The lowest BCUT2D eigenvalue weighted by Gasteiger charge is -2.18. The van der Waals surface area contributed by atoms with E-state index in [4.69, 9.17) is 4.74 Å². The largest absolute Gasteiger partial charge is 0.491 e. The van der Waals surface area contributed by atoms with Crippen molar-refractivity contribution in [3.05, 3.63) is 65.0 Å². The monoisotopic (exact) mass is 298 g/mol. The van der Waals surface area contributed by atoms with Crippen LogP contribution in [0.5, 0.6) is 5.75 Å². The van der Waals surface area contributed by atoms with Gasteiger partial charge >= 0.3 is 0 Å². The number of hydrogen-bond donors (Lipinski definition) is 1. The van der Waals surface area contributed by atoms with Gasteiger partial charge in [0.1, 0.15) is 11.9 Å². The molecular weight excluding hydrogens is 280 g/mol. The van der Waals surface area contributed by atoms with Crippen LogP contribution in [0.4, 0.5) is 0 Å². The van der Waals surface area contributed by atoms with Gasteiger partial charge in [0.05, 0.1) is 6.10 Å². The normalized spacial score (nSPS) is 12.8. The van der Waals surface area contributed by atoms with E-state index < -0.39 is 6.10 Å². The fraction of sp³-hybridized carbons (Fsp3) is 0.222. The summed E-state index contributed by atoms with van der Waals surface area (Å²) in [4.78, 5) is 0. The summed E-state index contributed by atoms with van der Waals surface area (Å²) in [5, 5.41) is 13.9. The molecule has 1 aromatic heterocycles. The van der Waals surface area contributed by atoms with Crippen LogP contribution in [0.1, 0.15) is 31.1 Å². The first-order valence-corrected chi connectivity index (χ1v) is 7.94. The van der Waals surface area contributed by atoms with E-state index in [-0.39, 0.29) is 6.10 Å². The zero-order valence-corrected chi connectivity index (χ0v) is 12.9. The Morgan fingerprint density at radius 2 is 1.67 bits per heavy atom. The van der Waals surface area contributed by atoms with Crippen LogP contribution in [0.2, 0.25) is 0 Å². The molecular formula is C18H18O2S. The Morgan fingerprint density at radius 1 is 0.952 bits per heavy atom. The van der Waals surface area contributed by atoms with Crippen molar-refractivity contribution in [2.75, 3.05) is 0 Å². The first kappa shape index (κ1) is 14.1. The molecule has 3 heteroatoms. The maximum absolute atomic E-state index is 10.8. The Hall–Kier alpha value is -1.84. The van der Waals surface area contributed by atoms with E-state index in [1.165, 1.54) is 4.70 Å². The standard InChI is InChI=1S/C18H18O2S/c1-12(2)20-16-9-5-3-8-14(16)18(19)15-11-21-17-10-6-4-7-13(15)17/h3-12,18-19H,1-2H3. The SMILES string of the molecule is CC(C)Oc1ccccc1C(O)c1csc2ccccc12. The Balaban J connectivity index is 2.04. The van der Waals surface area contributed by atoms with Crippen molar-refractivity contribution in [1.29, 1.82) is 0 Å². The molecule has 0 aliphatic rings. The van der Waals surface area contributed by atoms with Gasteiger partial charge in [-0.2, -0.15) is 0 Å². The number of para-hydroxylation sites is 1. The van der Waals surface area contributed by atoms with Gasteiger partial charge < -0.3 is 9.84 Å². The van der Waals surface area contributed by atoms with Crippen LogP contribution in [-0.2, 0) is 0 Å². The molecule has 0 saturated heterocycles. The number of aliphatic hydroxyl groups excluding tert-OH is 1. The molecule has 3 rings (SSSR count). The summed E-state index contributed by atoms with van der Waals surface area (Å²) in [6.45, 7) is 3.98. The van der Waals surface area contributed by atoms with Gasteiger partial charge in [0.2, 0.25) is 0 Å². The number of fused-ring (bicyclic) bond motifs is 1. The Labute approximate surface area is 128 Å². The number of rotatable bonds is 4. The average molecular weight is 298 g/mol. The lowest BCUT2D eigenvalue weighted by Crippen LogP contribution is -2.09. The zero-order valence-electron chi connectivity index (χ0n) is 12.1. The second-order valence-electron chi connectivity index (χ2n) is 5.29. The summed E-state index contributed by atoms with van der Waals surface area (Å²) in [5.74, 6) is 0.746. The van der Waals surface area contributed by atoms with Crippen LogP contribution >= 0.6 is 11.3 Å². The molecule has 1 N–H and O–H groups in total. The van der Waals surface area contributed by atoms with Gasteiger partial charge in [-0.05, 0) is 36.7 Å². The molecule has 21 heavy (non-hydrogen) atoms. The molecule has 0 fully saturated rings. The molecule has 1 atom stereocenters. The molecule has 108 valence electrons. The van der Waals surface area contributed by atoms with Crippen LogP contribution in [0.15, 0.2) is 53.9 Å². The van der Waals surface area contributed by atoms with E-state index in [1.807, 2.05) is 55.6 Å².